The van der Waals surface area contributed by atoms with Crippen molar-refractivity contribution >= 4 is 22.7 Å². The standard InChI is InChI=1S/C28H30N4O2/c1-3-20-4-13-25-26(18-20)30-28(29-25)23-7-5-21(6-8-23)22-9-11-24(12-10-22)32-16-14-31(15-17-32)19-27(33)34-2/h4-13,18H,3,14-17,19H2,1-2H3,(H,29,30). The van der Waals surface area contributed by atoms with Crippen molar-refractivity contribution < 1.29 is 9.53 Å². The molecule has 0 atom stereocenters. The molecule has 2 heterocycles. The van der Waals surface area contributed by atoms with Crippen LogP contribution >= 0.6 is 0 Å². The molecule has 0 aliphatic carbocycles. The van der Waals surface area contributed by atoms with Crippen molar-refractivity contribution in [2.24, 2.45) is 0 Å². The number of aryl methyl sites for hydroxylation is 1. The van der Waals surface area contributed by atoms with Crippen LogP contribution in [0.2, 0.25) is 0 Å². The number of carbonyl (C=O) groups is 1. The maximum atomic E-state index is 11.5. The molecule has 174 valence electrons. The average Bonchev–Trinajstić information content (AvgIpc) is 3.33. The van der Waals surface area contributed by atoms with Crippen molar-refractivity contribution in [3.05, 3.63) is 72.3 Å². The van der Waals surface area contributed by atoms with E-state index in [0.717, 1.165) is 55.0 Å². The van der Waals surface area contributed by atoms with Crippen LogP contribution in [0.4, 0.5) is 5.69 Å². The Morgan fingerprint density at radius 1 is 0.912 bits per heavy atom. The van der Waals surface area contributed by atoms with Crippen LogP contribution in [0.3, 0.4) is 0 Å². The third-order valence-corrected chi connectivity index (χ3v) is 6.63. The third kappa shape index (κ3) is 4.68. The van der Waals surface area contributed by atoms with Gasteiger partial charge in [0.2, 0.25) is 0 Å². The summed E-state index contributed by atoms with van der Waals surface area (Å²) < 4.78 is 4.77. The summed E-state index contributed by atoms with van der Waals surface area (Å²) in [7, 11) is 1.44. The number of carbonyl (C=O) groups excluding carboxylic acids is 1. The zero-order chi connectivity index (χ0) is 23.5. The predicted octanol–water partition coefficient (Wildman–Crippen LogP) is 4.75. The number of aromatic amines is 1. The normalized spacial score (nSPS) is 14.5. The molecule has 1 fully saturated rings. The van der Waals surface area contributed by atoms with E-state index in [1.165, 1.54) is 29.5 Å². The van der Waals surface area contributed by atoms with Gasteiger partial charge in [0.25, 0.3) is 0 Å². The topological polar surface area (TPSA) is 61.5 Å². The van der Waals surface area contributed by atoms with Crippen molar-refractivity contribution in [3.63, 3.8) is 0 Å². The van der Waals surface area contributed by atoms with Gasteiger partial charge in [0.1, 0.15) is 5.82 Å². The molecule has 1 N–H and O–H groups in total. The molecule has 34 heavy (non-hydrogen) atoms. The largest absolute Gasteiger partial charge is 0.468 e. The number of nitrogens with one attached hydrogen (secondary N) is 1. The van der Waals surface area contributed by atoms with Gasteiger partial charge in [-0.1, -0.05) is 49.4 Å². The summed E-state index contributed by atoms with van der Waals surface area (Å²) in [5.41, 5.74) is 8.06. The number of anilines is 1. The fourth-order valence-electron chi connectivity index (χ4n) is 4.51. The Labute approximate surface area is 200 Å². The van der Waals surface area contributed by atoms with Gasteiger partial charge in [0.15, 0.2) is 0 Å². The zero-order valence-corrected chi connectivity index (χ0v) is 19.8. The average molecular weight is 455 g/mol. The second-order valence-corrected chi connectivity index (χ2v) is 8.75. The minimum absolute atomic E-state index is 0.172. The van der Waals surface area contributed by atoms with E-state index in [-0.39, 0.29) is 5.97 Å². The van der Waals surface area contributed by atoms with Crippen LogP contribution < -0.4 is 4.90 Å². The summed E-state index contributed by atoms with van der Waals surface area (Å²) in [6.45, 7) is 6.06. The highest BCUT2D eigenvalue weighted by atomic mass is 16.5. The van der Waals surface area contributed by atoms with Gasteiger partial charge in [-0.2, -0.15) is 0 Å². The van der Waals surface area contributed by atoms with Crippen LogP contribution in [0.15, 0.2) is 66.7 Å². The van der Waals surface area contributed by atoms with Crippen LogP contribution in [0.1, 0.15) is 12.5 Å². The van der Waals surface area contributed by atoms with Crippen molar-refractivity contribution in [2.75, 3.05) is 44.7 Å². The second kappa shape index (κ2) is 9.69. The summed E-state index contributed by atoms with van der Waals surface area (Å²) in [6.07, 6.45) is 1.02. The molecule has 0 spiro atoms. The maximum absolute atomic E-state index is 11.5. The first kappa shape index (κ1) is 22.2. The Morgan fingerprint density at radius 3 is 2.21 bits per heavy atom. The Morgan fingerprint density at radius 2 is 1.56 bits per heavy atom. The number of methoxy groups -OCH3 is 1. The number of ether oxygens (including phenoxy) is 1. The number of fused-ring (bicyclic) bond motifs is 1. The fraction of sp³-hybridized carbons (Fsp3) is 0.286. The molecule has 4 aromatic rings. The Hall–Kier alpha value is -3.64. The lowest BCUT2D eigenvalue weighted by Gasteiger charge is -2.35. The van der Waals surface area contributed by atoms with Gasteiger partial charge in [0, 0.05) is 37.4 Å². The number of hydrogen-bond donors (Lipinski definition) is 1. The highest BCUT2D eigenvalue weighted by Crippen LogP contribution is 2.27. The van der Waals surface area contributed by atoms with Crippen molar-refractivity contribution in [2.45, 2.75) is 13.3 Å². The van der Waals surface area contributed by atoms with E-state index in [2.05, 4.69) is 88.4 Å². The summed E-state index contributed by atoms with van der Waals surface area (Å²) in [5.74, 6) is 0.728. The van der Waals surface area contributed by atoms with Crippen molar-refractivity contribution in [1.29, 1.82) is 0 Å². The van der Waals surface area contributed by atoms with Gasteiger partial charge in [-0.3, -0.25) is 9.69 Å². The lowest BCUT2D eigenvalue weighted by atomic mass is 10.0. The van der Waals surface area contributed by atoms with E-state index in [1.54, 1.807) is 0 Å². The van der Waals surface area contributed by atoms with Crippen molar-refractivity contribution in [3.8, 4) is 22.5 Å². The van der Waals surface area contributed by atoms with E-state index in [4.69, 9.17) is 9.72 Å². The number of hydrogen-bond acceptors (Lipinski definition) is 5. The summed E-state index contributed by atoms with van der Waals surface area (Å²) >= 11 is 0. The van der Waals surface area contributed by atoms with Gasteiger partial charge in [-0.25, -0.2) is 4.98 Å². The minimum Gasteiger partial charge on any atom is -0.468 e. The van der Waals surface area contributed by atoms with Crippen LogP contribution in [0.5, 0.6) is 0 Å². The molecule has 0 unspecified atom stereocenters. The minimum atomic E-state index is -0.172. The Bertz CT molecular complexity index is 1270. The maximum Gasteiger partial charge on any atom is 0.319 e. The molecule has 0 radical (unpaired) electrons. The first-order valence-electron chi connectivity index (χ1n) is 11.9. The summed E-state index contributed by atoms with van der Waals surface area (Å²) in [6, 6.07) is 23.7. The molecule has 1 aliphatic heterocycles. The van der Waals surface area contributed by atoms with E-state index in [9.17, 15) is 4.79 Å². The molecular weight excluding hydrogens is 424 g/mol. The molecule has 6 heteroatoms. The van der Waals surface area contributed by atoms with E-state index < -0.39 is 0 Å². The number of piperazine rings is 1. The van der Waals surface area contributed by atoms with Gasteiger partial charge in [-0.15, -0.1) is 0 Å². The van der Waals surface area contributed by atoms with Gasteiger partial charge < -0.3 is 14.6 Å². The third-order valence-electron chi connectivity index (χ3n) is 6.63. The molecule has 6 nitrogen and oxygen atoms in total. The van der Waals surface area contributed by atoms with Gasteiger partial charge in [-0.05, 0) is 47.4 Å². The van der Waals surface area contributed by atoms with Crippen LogP contribution in [0.25, 0.3) is 33.5 Å². The lowest BCUT2D eigenvalue weighted by Crippen LogP contribution is -2.48. The molecular formula is C28H30N4O2. The molecule has 0 bridgehead atoms. The van der Waals surface area contributed by atoms with Gasteiger partial charge >= 0.3 is 5.97 Å². The second-order valence-electron chi connectivity index (χ2n) is 8.75. The first-order valence-corrected chi connectivity index (χ1v) is 11.9. The summed E-state index contributed by atoms with van der Waals surface area (Å²) in [4.78, 5) is 24.2. The number of rotatable bonds is 6. The number of nitrogens with zero attached hydrogens (tertiary/aromatic N) is 3. The van der Waals surface area contributed by atoms with Crippen molar-refractivity contribution in [1.82, 2.24) is 14.9 Å². The molecule has 3 aromatic carbocycles. The predicted molar refractivity (Wildman–Crippen MR) is 137 cm³/mol. The fourth-order valence-corrected chi connectivity index (χ4v) is 4.51. The molecule has 0 amide bonds. The van der Waals surface area contributed by atoms with Crippen LogP contribution in [-0.4, -0.2) is 60.7 Å². The number of aromatic nitrogens is 2. The molecule has 1 saturated heterocycles. The number of esters is 1. The number of imidazole rings is 1. The van der Waals surface area contributed by atoms with Gasteiger partial charge in [0.05, 0.1) is 24.7 Å². The monoisotopic (exact) mass is 454 g/mol. The molecule has 1 aliphatic rings. The highest BCUT2D eigenvalue weighted by molar-refractivity contribution is 5.80. The summed E-state index contributed by atoms with van der Waals surface area (Å²) in [5, 5.41) is 0. The Balaban J connectivity index is 1.25. The van der Waals surface area contributed by atoms with E-state index in [0.29, 0.717) is 6.54 Å². The van der Waals surface area contributed by atoms with Crippen LogP contribution in [-0.2, 0) is 16.0 Å². The van der Waals surface area contributed by atoms with E-state index in [1.807, 2.05) is 0 Å². The SMILES string of the molecule is CCc1ccc2nc(-c3ccc(-c4ccc(N5CCN(CC(=O)OC)CC5)cc4)cc3)[nH]c2c1. The number of benzene rings is 3. The lowest BCUT2D eigenvalue weighted by molar-refractivity contribution is -0.142. The molecule has 0 saturated carbocycles. The molecule has 1 aromatic heterocycles. The number of H-pyrrole nitrogens is 1. The van der Waals surface area contributed by atoms with E-state index >= 15 is 0 Å². The first-order chi connectivity index (χ1) is 16.6. The van der Waals surface area contributed by atoms with Crippen LogP contribution in [0, 0.1) is 0 Å². The Kier molecular flexibility index (Phi) is 6.32. The zero-order valence-electron chi connectivity index (χ0n) is 19.8. The smallest absolute Gasteiger partial charge is 0.319 e. The molecule has 5 rings (SSSR count). The quantitative estimate of drug-likeness (QED) is 0.426. The highest BCUT2D eigenvalue weighted by Gasteiger charge is 2.19.